The van der Waals surface area contributed by atoms with E-state index >= 15 is 0 Å². The molecule has 0 radical (unpaired) electrons. The minimum atomic E-state index is -5.81. The number of carbonyl (C=O) groups is 2. The second-order valence-electron chi connectivity index (χ2n) is 6.14. The summed E-state index contributed by atoms with van der Waals surface area (Å²) in [5.41, 5.74) is -0.689. The van der Waals surface area contributed by atoms with E-state index in [4.69, 9.17) is 9.29 Å². The molecule has 0 aliphatic rings. The van der Waals surface area contributed by atoms with Crippen molar-refractivity contribution < 1.29 is 45.7 Å². The molecule has 2 rings (SSSR count). The molecule has 0 atom stereocenters. The predicted molar refractivity (Wildman–Crippen MR) is 134 cm³/mol. The lowest BCUT2D eigenvalue weighted by Crippen LogP contribution is -2.34. The second kappa shape index (κ2) is 11.0. The Morgan fingerprint density at radius 3 is 2.36 bits per heavy atom. The van der Waals surface area contributed by atoms with Crippen LogP contribution in [0.4, 0.5) is 14.5 Å². The van der Waals surface area contributed by atoms with Crippen LogP contribution in [0.1, 0.15) is 15.9 Å². The molecular weight excluding hydrogens is 813 g/mol. The molecule has 0 unspecified atom stereocenters. The van der Waals surface area contributed by atoms with E-state index in [2.05, 4.69) is 4.74 Å². The molecule has 33 heavy (non-hydrogen) atoms. The van der Waals surface area contributed by atoms with Gasteiger partial charge in [-0.25, -0.2) is 4.79 Å². The molecule has 0 aliphatic carbocycles. The molecule has 1 N–H and O–H groups in total. The van der Waals surface area contributed by atoms with E-state index in [-0.39, 0.29) is 16.9 Å². The van der Waals surface area contributed by atoms with Gasteiger partial charge < -0.3 is 9.47 Å². The van der Waals surface area contributed by atoms with E-state index < -0.39 is 50.9 Å². The summed E-state index contributed by atoms with van der Waals surface area (Å²) in [5, 5.41) is 6.64. The summed E-state index contributed by atoms with van der Waals surface area (Å²) in [6.45, 7) is -1.97. The van der Waals surface area contributed by atoms with E-state index in [9.17, 15) is 36.9 Å². The predicted octanol–water partition coefficient (Wildman–Crippen LogP) is 4.19. The largest absolute Gasteiger partial charge is 0.458 e. The van der Waals surface area contributed by atoms with Crippen LogP contribution in [0.3, 0.4) is 0 Å². The number of nitro groups is 1. The fraction of sp³-hybridized carbons (Fsp3) is 0.176. The molecule has 2 aromatic carbocycles. The Bertz CT molecular complexity index is 1240. The molecule has 178 valence electrons. The molecule has 0 saturated carbocycles. The summed E-state index contributed by atoms with van der Waals surface area (Å²) < 4.78 is 67.3. The van der Waals surface area contributed by atoms with Gasteiger partial charge in [0.2, 0.25) is 0 Å². The van der Waals surface area contributed by atoms with Gasteiger partial charge in [-0.1, -0.05) is 0 Å². The fourth-order valence-electron chi connectivity index (χ4n) is 2.24. The molecule has 2 aromatic rings. The van der Waals surface area contributed by atoms with Crippen molar-refractivity contribution in [3.63, 3.8) is 0 Å². The number of ether oxygens (including phenoxy) is 2. The minimum absolute atomic E-state index is 0.202. The first kappa shape index (κ1) is 28.0. The number of alkyl halides is 2. The maximum Gasteiger partial charge on any atom is 0.402 e. The van der Waals surface area contributed by atoms with Crippen LogP contribution in [0.5, 0.6) is 5.75 Å². The van der Waals surface area contributed by atoms with Crippen LogP contribution in [-0.4, -0.2) is 41.7 Å². The zero-order valence-corrected chi connectivity index (χ0v) is 23.0. The Kier molecular flexibility index (Phi) is 9.32. The number of hydrogen-bond acceptors (Lipinski definition) is 8. The van der Waals surface area contributed by atoms with Gasteiger partial charge in [0, 0.05) is 16.3 Å². The number of esters is 2. The van der Waals surface area contributed by atoms with E-state index in [0.717, 1.165) is 25.3 Å². The average molecular weight is 823 g/mol. The maximum atomic E-state index is 13.2. The maximum absolute atomic E-state index is 13.2. The van der Waals surface area contributed by atoms with Crippen LogP contribution in [0.2, 0.25) is 0 Å². The van der Waals surface area contributed by atoms with Gasteiger partial charge in [-0.2, -0.15) is 17.2 Å². The summed E-state index contributed by atoms with van der Waals surface area (Å²) in [6.07, 6.45) is -0.862. The number of halogens is 5. The Hall–Kier alpha value is -1.26. The van der Waals surface area contributed by atoms with Crippen LogP contribution >= 0.6 is 67.8 Å². The molecule has 0 heterocycles. The highest BCUT2D eigenvalue weighted by Gasteiger charge is 2.45. The second-order valence-corrected chi connectivity index (χ2v) is 11.2. The lowest BCUT2D eigenvalue weighted by Gasteiger charge is -2.13. The first-order valence-electron chi connectivity index (χ1n) is 8.27. The van der Waals surface area contributed by atoms with E-state index in [1.165, 1.54) is 0 Å². The summed E-state index contributed by atoms with van der Waals surface area (Å²) in [6, 6.07) is 6.51. The van der Waals surface area contributed by atoms with Crippen LogP contribution < -0.4 is 4.74 Å². The van der Waals surface area contributed by atoms with E-state index in [1.54, 1.807) is 6.07 Å². The molecule has 0 fully saturated rings. The highest BCUT2D eigenvalue weighted by Crippen LogP contribution is 2.28. The number of carbonyl (C=O) groups excluding carboxylic acids is 2. The summed E-state index contributed by atoms with van der Waals surface area (Å²) in [5.74, 6) is -2.38. The fourth-order valence-corrected chi connectivity index (χ4v) is 4.82. The Labute approximate surface area is 225 Å². The molecule has 0 saturated heterocycles. The van der Waals surface area contributed by atoms with Crippen LogP contribution in [0.25, 0.3) is 0 Å². The van der Waals surface area contributed by atoms with E-state index in [1.807, 2.05) is 73.8 Å². The lowest BCUT2D eigenvalue weighted by molar-refractivity contribution is -0.385. The summed E-state index contributed by atoms with van der Waals surface area (Å²) in [7, 11) is -5.81. The normalized spacial score (nSPS) is 11.7. The van der Waals surface area contributed by atoms with Crippen molar-refractivity contribution >= 4 is 95.5 Å². The van der Waals surface area contributed by atoms with Crippen molar-refractivity contribution in [2.75, 3.05) is 6.61 Å². The molecule has 0 bridgehead atoms. The highest BCUT2D eigenvalue weighted by atomic mass is 127. The number of rotatable bonds is 8. The quantitative estimate of drug-likeness (QED) is 0.0787. The van der Waals surface area contributed by atoms with E-state index in [0.29, 0.717) is 3.57 Å². The molecule has 0 aliphatic heterocycles. The Morgan fingerprint density at radius 2 is 1.79 bits per heavy atom. The minimum Gasteiger partial charge on any atom is -0.458 e. The number of benzene rings is 2. The zero-order valence-electron chi connectivity index (χ0n) is 15.8. The molecule has 0 amide bonds. The van der Waals surface area contributed by atoms with Crippen molar-refractivity contribution in [1.29, 1.82) is 0 Å². The third kappa shape index (κ3) is 7.36. The third-order valence-corrected chi connectivity index (χ3v) is 8.33. The van der Waals surface area contributed by atoms with Crippen molar-refractivity contribution in [2.45, 2.75) is 11.7 Å². The SMILES string of the molecule is O=C(Cc1ccc(OC(=O)c2cc(I)cc(I)c2I)cc1[N+](=O)[O-])OCC(F)(F)S(=O)(=O)O. The summed E-state index contributed by atoms with van der Waals surface area (Å²) in [4.78, 5) is 34.8. The monoisotopic (exact) mass is 823 g/mol. The van der Waals surface area contributed by atoms with Gasteiger partial charge in [-0.05, 0) is 92.0 Å². The molecule has 10 nitrogen and oxygen atoms in total. The molecule has 16 heteroatoms. The number of hydrogen-bond donors (Lipinski definition) is 1. The summed E-state index contributed by atoms with van der Waals surface area (Å²) >= 11 is 6.01. The first-order chi connectivity index (χ1) is 15.1. The van der Waals surface area contributed by atoms with Crippen LogP contribution in [0, 0.1) is 20.8 Å². The first-order valence-corrected chi connectivity index (χ1v) is 12.9. The Morgan fingerprint density at radius 1 is 1.15 bits per heavy atom. The van der Waals surface area contributed by atoms with Crippen molar-refractivity contribution in [1.82, 2.24) is 0 Å². The molecule has 0 spiro atoms. The van der Waals surface area contributed by atoms with Gasteiger partial charge >= 0.3 is 27.3 Å². The standard InChI is InChI=1S/C17H10F2I3NO9S/c18-17(19,33(28,29)30)7-31-14(24)3-8-1-2-10(6-13(8)23(26)27)32-16(25)11-4-9(20)5-12(21)15(11)22/h1-2,4-6H,3,7H2,(H,28,29,30). The van der Waals surface area contributed by atoms with Gasteiger partial charge in [-0.15, -0.1) is 0 Å². The van der Waals surface area contributed by atoms with Crippen LogP contribution in [0.15, 0.2) is 30.3 Å². The highest BCUT2D eigenvalue weighted by molar-refractivity contribution is 14.1. The smallest absolute Gasteiger partial charge is 0.402 e. The Balaban J connectivity index is 2.20. The van der Waals surface area contributed by atoms with Gasteiger partial charge in [0.05, 0.1) is 23.0 Å². The zero-order chi connectivity index (χ0) is 25.1. The molecule has 0 aromatic heterocycles. The lowest BCUT2D eigenvalue weighted by atomic mass is 10.1. The third-order valence-electron chi connectivity index (χ3n) is 3.79. The van der Waals surface area contributed by atoms with Crippen LogP contribution in [-0.2, 0) is 26.1 Å². The van der Waals surface area contributed by atoms with Gasteiger partial charge in [0.25, 0.3) is 5.69 Å². The topological polar surface area (TPSA) is 150 Å². The van der Waals surface area contributed by atoms with Gasteiger partial charge in [0.1, 0.15) is 5.75 Å². The van der Waals surface area contributed by atoms with Crippen molar-refractivity contribution in [3.05, 3.63) is 62.3 Å². The molecular formula is C17H10F2I3NO9S. The average Bonchev–Trinajstić information content (AvgIpc) is 2.69. The van der Waals surface area contributed by atoms with Gasteiger partial charge in [-0.3, -0.25) is 19.5 Å². The van der Waals surface area contributed by atoms with Crippen molar-refractivity contribution in [3.8, 4) is 5.75 Å². The van der Waals surface area contributed by atoms with Crippen molar-refractivity contribution in [2.24, 2.45) is 0 Å². The number of nitro benzene ring substituents is 1. The van der Waals surface area contributed by atoms with Gasteiger partial charge in [0.15, 0.2) is 6.61 Å². The number of nitrogens with zero attached hydrogens (tertiary/aromatic N) is 1.